The van der Waals surface area contributed by atoms with Gasteiger partial charge in [-0.25, -0.2) is 0 Å². The molecule has 0 saturated heterocycles. The van der Waals surface area contributed by atoms with Gasteiger partial charge in [0.05, 0.1) is 12.8 Å². The molecule has 2 atom stereocenters. The summed E-state index contributed by atoms with van der Waals surface area (Å²) in [5, 5.41) is 6.70. The third-order valence-corrected chi connectivity index (χ3v) is 3.27. The van der Waals surface area contributed by atoms with Gasteiger partial charge in [-0.05, 0) is 38.5 Å². The van der Waals surface area contributed by atoms with Gasteiger partial charge in [0.25, 0.3) is 0 Å². The van der Waals surface area contributed by atoms with E-state index in [-0.39, 0.29) is 18.0 Å². The molecule has 2 unspecified atom stereocenters. The molecule has 0 bridgehead atoms. The Morgan fingerprint density at radius 2 is 2.10 bits per heavy atom. The van der Waals surface area contributed by atoms with E-state index in [0.717, 1.165) is 12.8 Å². The van der Waals surface area contributed by atoms with Crippen LogP contribution in [0.25, 0.3) is 0 Å². The summed E-state index contributed by atoms with van der Waals surface area (Å²) >= 11 is 5.97. The molecule has 0 aliphatic heterocycles. The molecular weight excluding hydrogens is 276 g/mol. The molecule has 0 saturated carbocycles. The van der Waals surface area contributed by atoms with Crippen LogP contribution in [-0.4, -0.2) is 25.1 Å². The zero-order chi connectivity index (χ0) is 15.1. The SMILES string of the molecule is CCCC(C)NC(=O)C(C)Nc1cc(Cl)ccc1OC. The molecule has 1 aromatic rings. The maximum absolute atomic E-state index is 12.1. The van der Waals surface area contributed by atoms with Crippen molar-refractivity contribution >= 4 is 23.2 Å². The second kappa shape index (κ2) is 8.00. The second-order valence-corrected chi connectivity index (χ2v) is 5.35. The minimum Gasteiger partial charge on any atom is -0.495 e. The number of ether oxygens (including phenoxy) is 1. The van der Waals surface area contributed by atoms with Crippen molar-refractivity contribution in [2.24, 2.45) is 0 Å². The maximum Gasteiger partial charge on any atom is 0.242 e. The third kappa shape index (κ3) is 4.93. The molecule has 1 amide bonds. The summed E-state index contributed by atoms with van der Waals surface area (Å²) in [6.07, 6.45) is 2.02. The third-order valence-electron chi connectivity index (χ3n) is 3.04. The van der Waals surface area contributed by atoms with Crippen LogP contribution in [0.2, 0.25) is 5.02 Å². The van der Waals surface area contributed by atoms with Gasteiger partial charge < -0.3 is 15.4 Å². The van der Waals surface area contributed by atoms with E-state index in [0.29, 0.717) is 16.5 Å². The summed E-state index contributed by atoms with van der Waals surface area (Å²) in [7, 11) is 1.59. The topological polar surface area (TPSA) is 50.4 Å². The van der Waals surface area contributed by atoms with Crippen LogP contribution in [0.4, 0.5) is 5.69 Å². The van der Waals surface area contributed by atoms with Gasteiger partial charge in [-0.2, -0.15) is 0 Å². The Hall–Kier alpha value is -1.42. The van der Waals surface area contributed by atoms with Gasteiger partial charge >= 0.3 is 0 Å². The van der Waals surface area contributed by atoms with Crippen LogP contribution in [0.3, 0.4) is 0 Å². The van der Waals surface area contributed by atoms with E-state index < -0.39 is 0 Å². The fraction of sp³-hybridized carbons (Fsp3) is 0.533. The molecule has 0 aliphatic rings. The number of benzene rings is 1. The van der Waals surface area contributed by atoms with E-state index in [1.54, 1.807) is 25.3 Å². The summed E-state index contributed by atoms with van der Waals surface area (Å²) in [5.41, 5.74) is 0.714. The van der Waals surface area contributed by atoms with Gasteiger partial charge in [0.1, 0.15) is 11.8 Å². The van der Waals surface area contributed by atoms with Crippen molar-refractivity contribution in [3.63, 3.8) is 0 Å². The molecule has 5 heteroatoms. The van der Waals surface area contributed by atoms with Crippen LogP contribution in [0.15, 0.2) is 18.2 Å². The van der Waals surface area contributed by atoms with Crippen LogP contribution in [0.5, 0.6) is 5.75 Å². The van der Waals surface area contributed by atoms with Crippen molar-refractivity contribution in [2.75, 3.05) is 12.4 Å². The fourth-order valence-electron chi connectivity index (χ4n) is 1.96. The Bertz CT molecular complexity index is 451. The Morgan fingerprint density at radius 3 is 2.70 bits per heavy atom. The van der Waals surface area contributed by atoms with Crippen LogP contribution in [0.1, 0.15) is 33.6 Å². The Morgan fingerprint density at radius 1 is 1.40 bits per heavy atom. The van der Waals surface area contributed by atoms with E-state index in [1.165, 1.54) is 0 Å². The standard InChI is InChI=1S/C15H23ClN2O2/c1-5-6-10(2)17-15(19)11(3)18-13-9-12(16)7-8-14(13)20-4/h7-11,18H,5-6H2,1-4H3,(H,17,19). The highest BCUT2D eigenvalue weighted by atomic mass is 35.5. The highest BCUT2D eigenvalue weighted by molar-refractivity contribution is 6.30. The van der Waals surface area contributed by atoms with Crippen LogP contribution >= 0.6 is 11.6 Å². The van der Waals surface area contributed by atoms with Gasteiger partial charge in [-0.3, -0.25) is 4.79 Å². The van der Waals surface area contributed by atoms with E-state index in [9.17, 15) is 4.79 Å². The zero-order valence-electron chi connectivity index (χ0n) is 12.5. The van der Waals surface area contributed by atoms with Gasteiger partial charge in [0, 0.05) is 11.1 Å². The normalized spacial score (nSPS) is 13.4. The second-order valence-electron chi connectivity index (χ2n) is 4.91. The summed E-state index contributed by atoms with van der Waals surface area (Å²) in [6.45, 7) is 5.92. The zero-order valence-corrected chi connectivity index (χ0v) is 13.3. The fourth-order valence-corrected chi connectivity index (χ4v) is 2.14. The minimum atomic E-state index is -0.360. The molecule has 0 spiro atoms. The molecule has 112 valence electrons. The highest BCUT2D eigenvalue weighted by Gasteiger charge is 2.16. The minimum absolute atomic E-state index is 0.0343. The van der Waals surface area contributed by atoms with Crippen molar-refractivity contribution in [3.05, 3.63) is 23.2 Å². The first-order valence-corrected chi connectivity index (χ1v) is 7.26. The van der Waals surface area contributed by atoms with E-state index in [2.05, 4.69) is 17.6 Å². The Kier molecular flexibility index (Phi) is 6.65. The lowest BCUT2D eigenvalue weighted by Crippen LogP contribution is -2.42. The maximum atomic E-state index is 12.1. The van der Waals surface area contributed by atoms with E-state index in [4.69, 9.17) is 16.3 Å². The number of hydrogen-bond acceptors (Lipinski definition) is 3. The van der Waals surface area contributed by atoms with Crippen LogP contribution < -0.4 is 15.4 Å². The number of halogens is 1. The highest BCUT2D eigenvalue weighted by Crippen LogP contribution is 2.28. The number of carbonyl (C=O) groups is 1. The number of amides is 1. The van der Waals surface area contributed by atoms with Gasteiger partial charge in [0.2, 0.25) is 5.91 Å². The molecule has 0 fully saturated rings. The van der Waals surface area contributed by atoms with Crippen molar-refractivity contribution in [1.29, 1.82) is 0 Å². The Balaban J connectivity index is 2.67. The van der Waals surface area contributed by atoms with E-state index in [1.807, 2.05) is 13.8 Å². The molecule has 0 radical (unpaired) electrons. The smallest absolute Gasteiger partial charge is 0.242 e. The number of nitrogens with one attached hydrogen (secondary N) is 2. The molecule has 2 N–H and O–H groups in total. The molecule has 1 rings (SSSR count). The molecule has 0 aromatic heterocycles. The van der Waals surface area contributed by atoms with Crippen molar-refractivity contribution in [1.82, 2.24) is 5.32 Å². The largest absolute Gasteiger partial charge is 0.495 e. The summed E-state index contributed by atoms with van der Waals surface area (Å²) in [6, 6.07) is 5.09. The van der Waals surface area contributed by atoms with Gasteiger partial charge in [-0.1, -0.05) is 24.9 Å². The summed E-state index contributed by atoms with van der Waals surface area (Å²) in [5.74, 6) is 0.628. The molecule has 0 aliphatic carbocycles. The van der Waals surface area contributed by atoms with Crippen molar-refractivity contribution in [3.8, 4) is 5.75 Å². The Labute approximate surface area is 125 Å². The van der Waals surface area contributed by atoms with Crippen molar-refractivity contribution < 1.29 is 9.53 Å². The van der Waals surface area contributed by atoms with Crippen molar-refractivity contribution in [2.45, 2.75) is 45.7 Å². The molecular formula is C15H23ClN2O2. The first-order chi connectivity index (χ1) is 9.47. The van der Waals surface area contributed by atoms with Gasteiger partial charge in [0.15, 0.2) is 0 Å². The lowest BCUT2D eigenvalue weighted by atomic mass is 10.2. The van der Waals surface area contributed by atoms with Crippen LogP contribution in [-0.2, 0) is 4.79 Å². The number of anilines is 1. The molecule has 0 heterocycles. The average molecular weight is 299 g/mol. The lowest BCUT2D eigenvalue weighted by Gasteiger charge is -2.20. The predicted molar refractivity (Wildman–Crippen MR) is 83.6 cm³/mol. The number of methoxy groups -OCH3 is 1. The first-order valence-electron chi connectivity index (χ1n) is 6.88. The molecule has 20 heavy (non-hydrogen) atoms. The summed E-state index contributed by atoms with van der Waals surface area (Å²) < 4.78 is 5.25. The monoisotopic (exact) mass is 298 g/mol. The average Bonchev–Trinajstić information content (AvgIpc) is 2.39. The summed E-state index contributed by atoms with van der Waals surface area (Å²) in [4.78, 5) is 12.1. The predicted octanol–water partition coefficient (Wildman–Crippen LogP) is 3.45. The van der Waals surface area contributed by atoms with E-state index >= 15 is 0 Å². The molecule has 1 aromatic carbocycles. The quantitative estimate of drug-likeness (QED) is 0.810. The number of rotatable bonds is 7. The van der Waals surface area contributed by atoms with Crippen LogP contribution in [0, 0.1) is 0 Å². The number of carbonyl (C=O) groups excluding carboxylic acids is 1. The van der Waals surface area contributed by atoms with Gasteiger partial charge in [-0.15, -0.1) is 0 Å². The molecule has 4 nitrogen and oxygen atoms in total. The number of hydrogen-bond donors (Lipinski definition) is 2. The lowest BCUT2D eigenvalue weighted by molar-refractivity contribution is -0.122. The first kappa shape index (κ1) is 16.6.